The summed E-state index contributed by atoms with van der Waals surface area (Å²) in [6, 6.07) is 5.50. The van der Waals surface area contributed by atoms with Gasteiger partial charge in [-0.2, -0.15) is 0 Å². The molecule has 1 nitrogen and oxygen atoms in total. The van der Waals surface area contributed by atoms with Crippen molar-refractivity contribution in [2.75, 3.05) is 6.54 Å². The minimum Gasteiger partial charge on any atom is -0.314 e. The van der Waals surface area contributed by atoms with E-state index in [2.05, 4.69) is 19.2 Å². The average molecular weight is 244 g/mol. The van der Waals surface area contributed by atoms with E-state index in [1.54, 1.807) is 6.07 Å². The average Bonchev–Trinajstić information content (AvgIpc) is 2.28. The molecule has 0 radical (unpaired) electrons. The van der Waals surface area contributed by atoms with Crippen molar-refractivity contribution in [2.45, 2.75) is 39.2 Å². The van der Waals surface area contributed by atoms with Gasteiger partial charge in [-0.3, -0.25) is 0 Å². The number of halogens is 2. The lowest BCUT2D eigenvalue weighted by Gasteiger charge is -2.12. The molecular formula is C13H19ClFN. The molecule has 3 heteroatoms. The van der Waals surface area contributed by atoms with Gasteiger partial charge in [-0.1, -0.05) is 24.6 Å². The highest BCUT2D eigenvalue weighted by Gasteiger charge is 2.04. The lowest BCUT2D eigenvalue weighted by molar-refractivity contribution is 0.513. The predicted molar refractivity (Wildman–Crippen MR) is 67.5 cm³/mol. The third-order valence-electron chi connectivity index (χ3n) is 2.59. The van der Waals surface area contributed by atoms with Crippen LogP contribution in [0.3, 0.4) is 0 Å². The molecular weight excluding hydrogens is 225 g/mol. The zero-order valence-electron chi connectivity index (χ0n) is 9.89. The third kappa shape index (κ3) is 4.50. The number of rotatable bonds is 6. The summed E-state index contributed by atoms with van der Waals surface area (Å²) in [4.78, 5) is 0. The maximum atomic E-state index is 13.2. The Morgan fingerprint density at radius 1 is 1.44 bits per heavy atom. The van der Waals surface area contributed by atoms with Gasteiger partial charge in [0.1, 0.15) is 5.82 Å². The van der Waals surface area contributed by atoms with Crippen molar-refractivity contribution in [1.29, 1.82) is 0 Å². The normalized spacial score (nSPS) is 12.8. The molecule has 0 fully saturated rings. The van der Waals surface area contributed by atoms with Crippen molar-refractivity contribution in [3.05, 3.63) is 34.6 Å². The molecule has 1 aromatic rings. The number of benzene rings is 1. The lowest BCUT2D eigenvalue weighted by atomic mass is 10.1. The van der Waals surface area contributed by atoms with Crippen LogP contribution in [0.25, 0.3) is 0 Å². The van der Waals surface area contributed by atoms with Crippen molar-refractivity contribution in [1.82, 2.24) is 5.32 Å². The van der Waals surface area contributed by atoms with Crippen LogP contribution in [0.2, 0.25) is 5.02 Å². The summed E-state index contributed by atoms with van der Waals surface area (Å²) in [6.07, 6.45) is 3.03. The smallest absolute Gasteiger partial charge is 0.142 e. The quantitative estimate of drug-likeness (QED) is 0.802. The molecule has 0 amide bonds. The van der Waals surface area contributed by atoms with E-state index < -0.39 is 0 Å². The van der Waals surface area contributed by atoms with Gasteiger partial charge in [0.2, 0.25) is 0 Å². The fourth-order valence-corrected chi connectivity index (χ4v) is 1.69. The third-order valence-corrected chi connectivity index (χ3v) is 2.90. The maximum Gasteiger partial charge on any atom is 0.142 e. The Labute approximate surface area is 102 Å². The van der Waals surface area contributed by atoms with Gasteiger partial charge in [0.05, 0.1) is 5.02 Å². The summed E-state index contributed by atoms with van der Waals surface area (Å²) in [6.45, 7) is 5.34. The summed E-state index contributed by atoms with van der Waals surface area (Å²) in [5, 5.41) is 3.60. The first-order valence-corrected chi connectivity index (χ1v) is 6.18. The van der Waals surface area contributed by atoms with Crippen LogP contribution in [0.4, 0.5) is 4.39 Å². The standard InChI is InChI=1S/C13H19ClFN/c1-3-8-16-10(2)4-5-11-6-7-12(14)13(15)9-11/h6-7,9-10,16H,3-5,8H2,1-2H3. The molecule has 0 aliphatic carbocycles. The second-order valence-electron chi connectivity index (χ2n) is 4.14. The number of hydrogen-bond donors (Lipinski definition) is 1. The van der Waals surface area contributed by atoms with Crippen molar-refractivity contribution in [3.63, 3.8) is 0 Å². The Morgan fingerprint density at radius 3 is 2.81 bits per heavy atom. The first kappa shape index (κ1) is 13.5. The molecule has 0 aliphatic heterocycles. The molecule has 1 unspecified atom stereocenters. The van der Waals surface area contributed by atoms with Crippen LogP contribution in [0, 0.1) is 5.82 Å². The molecule has 16 heavy (non-hydrogen) atoms. The van der Waals surface area contributed by atoms with Crippen molar-refractivity contribution < 1.29 is 4.39 Å². The van der Waals surface area contributed by atoms with Crippen LogP contribution in [-0.4, -0.2) is 12.6 Å². The molecule has 1 aromatic carbocycles. The fraction of sp³-hybridized carbons (Fsp3) is 0.538. The van der Waals surface area contributed by atoms with E-state index in [-0.39, 0.29) is 10.8 Å². The largest absolute Gasteiger partial charge is 0.314 e. The van der Waals surface area contributed by atoms with E-state index in [0.717, 1.165) is 31.4 Å². The first-order valence-electron chi connectivity index (χ1n) is 5.80. The monoisotopic (exact) mass is 243 g/mol. The van der Waals surface area contributed by atoms with Crippen LogP contribution < -0.4 is 5.32 Å². The molecule has 0 saturated heterocycles. The first-order chi connectivity index (χ1) is 7.63. The topological polar surface area (TPSA) is 12.0 Å². The molecule has 0 saturated carbocycles. The zero-order valence-corrected chi connectivity index (χ0v) is 10.6. The summed E-state index contributed by atoms with van der Waals surface area (Å²) in [5.74, 6) is -0.326. The second kappa shape index (κ2) is 6.87. The molecule has 1 N–H and O–H groups in total. The summed E-state index contributed by atoms with van der Waals surface area (Å²) in [7, 11) is 0. The highest BCUT2D eigenvalue weighted by Crippen LogP contribution is 2.16. The molecule has 1 atom stereocenters. The maximum absolute atomic E-state index is 13.2. The molecule has 0 heterocycles. The molecule has 0 aliphatic rings. The van der Waals surface area contributed by atoms with Gasteiger partial charge in [0, 0.05) is 6.04 Å². The number of nitrogens with one attached hydrogen (secondary N) is 1. The van der Waals surface area contributed by atoms with Gasteiger partial charge < -0.3 is 5.32 Å². The van der Waals surface area contributed by atoms with Crippen molar-refractivity contribution >= 4 is 11.6 Å². The Kier molecular flexibility index (Phi) is 5.78. The van der Waals surface area contributed by atoms with E-state index in [0.29, 0.717) is 6.04 Å². The Hall–Kier alpha value is -0.600. The molecule has 1 rings (SSSR count). The molecule has 0 aromatic heterocycles. The minimum atomic E-state index is -0.326. The predicted octanol–water partition coefficient (Wildman–Crippen LogP) is 3.80. The van der Waals surface area contributed by atoms with E-state index in [4.69, 9.17) is 11.6 Å². The van der Waals surface area contributed by atoms with Gasteiger partial charge in [-0.25, -0.2) is 4.39 Å². The molecule has 0 spiro atoms. The molecule has 0 bridgehead atoms. The van der Waals surface area contributed by atoms with Gasteiger partial charge in [-0.05, 0) is 50.4 Å². The second-order valence-corrected chi connectivity index (χ2v) is 4.55. The summed E-state index contributed by atoms with van der Waals surface area (Å²) in [5.41, 5.74) is 1.01. The van der Waals surface area contributed by atoms with E-state index >= 15 is 0 Å². The van der Waals surface area contributed by atoms with Gasteiger partial charge in [0.25, 0.3) is 0 Å². The van der Waals surface area contributed by atoms with Gasteiger partial charge in [-0.15, -0.1) is 0 Å². The summed E-state index contributed by atoms with van der Waals surface area (Å²) < 4.78 is 13.2. The van der Waals surface area contributed by atoms with Crippen LogP contribution >= 0.6 is 11.6 Å². The number of hydrogen-bond acceptors (Lipinski definition) is 1. The van der Waals surface area contributed by atoms with E-state index in [9.17, 15) is 4.39 Å². The highest BCUT2D eigenvalue weighted by atomic mass is 35.5. The van der Waals surface area contributed by atoms with Gasteiger partial charge in [0.15, 0.2) is 0 Å². The Morgan fingerprint density at radius 2 is 2.19 bits per heavy atom. The molecule has 90 valence electrons. The SMILES string of the molecule is CCCNC(C)CCc1ccc(Cl)c(F)c1. The zero-order chi connectivity index (χ0) is 12.0. The van der Waals surface area contributed by atoms with Crippen LogP contribution in [0.15, 0.2) is 18.2 Å². The fourth-order valence-electron chi connectivity index (χ4n) is 1.57. The van der Waals surface area contributed by atoms with Gasteiger partial charge >= 0.3 is 0 Å². The number of aryl methyl sites for hydroxylation is 1. The van der Waals surface area contributed by atoms with Crippen LogP contribution in [0.5, 0.6) is 0 Å². The Balaban J connectivity index is 2.39. The lowest BCUT2D eigenvalue weighted by Crippen LogP contribution is -2.27. The van der Waals surface area contributed by atoms with Crippen LogP contribution in [-0.2, 0) is 6.42 Å². The van der Waals surface area contributed by atoms with E-state index in [1.165, 1.54) is 6.07 Å². The Bertz CT molecular complexity index is 328. The minimum absolute atomic E-state index is 0.195. The van der Waals surface area contributed by atoms with E-state index in [1.807, 2.05) is 6.07 Å². The van der Waals surface area contributed by atoms with Crippen LogP contribution in [0.1, 0.15) is 32.3 Å². The summed E-state index contributed by atoms with van der Waals surface area (Å²) >= 11 is 5.62. The van der Waals surface area contributed by atoms with Crippen molar-refractivity contribution in [3.8, 4) is 0 Å². The van der Waals surface area contributed by atoms with Crippen molar-refractivity contribution in [2.24, 2.45) is 0 Å². The highest BCUT2D eigenvalue weighted by molar-refractivity contribution is 6.30.